The number of nitrogens with zero attached hydrogens (tertiary/aromatic N) is 4. The Morgan fingerprint density at radius 2 is 1.94 bits per heavy atom. The Hall–Kier alpha value is -2.87. The third-order valence-electron chi connectivity index (χ3n) is 6.74. The normalized spacial score (nSPS) is 25.8. The van der Waals surface area contributed by atoms with Gasteiger partial charge in [-0.05, 0) is 43.0 Å². The monoisotopic (exact) mass is 439 g/mol. The first-order valence-corrected chi connectivity index (χ1v) is 11.3. The number of amides is 2. The molecule has 1 aromatic heterocycles. The highest BCUT2D eigenvalue weighted by Gasteiger charge is 2.55. The summed E-state index contributed by atoms with van der Waals surface area (Å²) in [6, 6.07) is 6.98. The zero-order chi connectivity index (χ0) is 22.1. The van der Waals surface area contributed by atoms with Crippen LogP contribution >= 0.6 is 0 Å². The van der Waals surface area contributed by atoms with E-state index in [9.17, 15) is 13.6 Å². The molecule has 1 aromatic carbocycles. The molecule has 32 heavy (non-hydrogen) atoms. The summed E-state index contributed by atoms with van der Waals surface area (Å²) in [6.45, 7) is 1.96. The van der Waals surface area contributed by atoms with Crippen LogP contribution in [0.5, 0.6) is 0 Å². The van der Waals surface area contributed by atoms with Crippen LogP contribution in [0.4, 0.5) is 19.3 Å². The molecular formula is C24H27F2N5O. The molecule has 3 fully saturated rings. The largest absolute Gasteiger partial charge is 0.328 e. The minimum absolute atomic E-state index is 0.174. The van der Waals surface area contributed by atoms with Gasteiger partial charge < -0.3 is 0 Å². The van der Waals surface area contributed by atoms with Crippen molar-refractivity contribution >= 4 is 17.6 Å². The lowest BCUT2D eigenvalue weighted by Crippen LogP contribution is -2.52. The number of halogens is 2. The molecule has 1 atom stereocenters. The number of amidine groups is 1. The summed E-state index contributed by atoms with van der Waals surface area (Å²) < 4.78 is 28.1. The van der Waals surface area contributed by atoms with Crippen molar-refractivity contribution in [3.63, 3.8) is 0 Å². The van der Waals surface area contributed by atoms with Crippen molar-refractivity contribution < 1.29 is 13.6 Å². The van der Waals surface area contributed by atoms with Crippen molar-refractivity contribution in [3.05, 3.63) is 59.9 Å². The third kappa shape index (κ3) is 3.99. The Balaban J connectivity index is 1.51. The SMILES string of the molecule is O=C1NC(=NC2CCCCC2)C2(CCN(Cc3cccnc3)C2)N1c1cc(F)cc(F)c1. The molecule has 1 saturated carbocycles. The van der Waals surface area contributed by atoms with Gasteiger partial charge in [0.25, 0.3) is 0 Å². The van der Waals surface area contributed by atoms with Crippen molar-refractivity contribution in [2.45, 2.75) is 56.7 Å². The molecule has 1 N–H and O–H groups in total. The van der Waals surface area contributed by atoms with Crippen LogP contribution in [-0.2, 0) is 6.54 Å². The van der Waals surface area contributed by atoms with Gasteiger partial charge in [0.15, 0.2) is 0 Å². The number of urea groups is 1. The Morgan fingerprint density at radius 3 is 2.66 bits per heavy atom. The highest BCUT2D eigenvalue weighted by atomic mass is 19.1. The van der Waals surface area contributed by atoms with E-state index in [4.69, 9.17) is 4.99 Å². The van der Waals surface area contributed by atoms with Gasteiger partial charge in [-0.25, -0.2) is 13.6 Å². The maximum atomic E-state index is 14.1. The van der Waals surface area contributed by atoms with Gasteiger partial charge in [0.1, 0.15) is 23.0 Å². The van der Waals surface area contributed by atoms with Crippen LogP contribution in [0.2, 0.25) is 0 Å². The van der Waals surface area contributed by atoms with E-state index in [-0.39, 0.29) is 17.8 Å². The molecule has 8 heteroatoms. The molecule has 2 saturated heterocycles. The maximum absolute atomic E-state index is 14.1. The number of benzene rings is 1. The van der Waals surface area contributed by atoms with Crippen LogP contribution in [0.1, 0.15) is 44.1 Å². The van der Waals surface area contributed by atoms with Crippen molar-refractivity contribution in [3.8, 4) is 0 Å². The van der Waals surface area contributed by atoms with E-state index in [1.54, 1.807) is 6.20 Å². The lowest BCUT2D eigenvalue weighted by molar-refractivity contribution is 0.250. The van der Waals surface area contributed by atoms with Gasteiger partial charge in [-0.1, -0.05) is 25.3 Å². The fourth-order valence-electron chi connectivity index (χ4n) is 5.28. The molecule has 2 aliphatic heterocycles. The maximum Gasteiger partial charge on any atom is 0.328 e. The van der Waals surface area contributed by atoms with Gasteiger partial charge in [-0.3, -0.25) is 25.1 Å². The quantitative estimate of drug-likeness (QED) is 0.774. The van der Waals surface area contributed by atoms with Gasteiger partial charge in [-0.2, -0.15) is 0 Å². The zero-order valence-corrected chi connectivity index (χ0v) is 17.9. The molecule has 3 aliphatic rings. The van der Waals surface area contributed by atoms with Crippen LogP contribution in [0.3, 0.4) is 0 Å². The molecular weight excluding hydrogens is 412 g/mol. The first-order chi connectivity index (χ1) is 15.5. The average molecular weight is 440 g/mol. The number of hydrogen-bond acceptors (Lipinski definition) is 4. The average Bonchev–Trinajstić information content (AvgIpc) is 3.29. The van der Waals surface area contributed by atoms with Gasteiger partial charge in [-0.15, -0.1) is 0 Å². The highest BCUT2D eigenvalue weighted by molar-refractivity contribution is 6.19. The van der Waals surface area contributed by atoms with E-state index < -0.39 is 17.2 Å². The van der Waals surface area contributed by atoms with Crippen molar-refractivity contribution in [2.75, 3.05) is 18.0 Å². The molecule has 5 rings (SSSR count). The summed E-state index contributed by atoms with van der Waals surface area (Å²) in [4.78, 5) is 26.1. The van der Waals surface area contributed by atoms with E-state index in [0.717, 1.165) is 43.9 Å². The Bertz CT molecular complexity index is 1000. The first kappa shape index (κ1) is 21.0. The summed E-state index contributed by atoms with van der Waals surface area (Å²) in [7, 11) is 0. The van der Waals surface area contributed by atoms with Crippen molar-refractivity contribution in [2.24, 2.45) is 4.99 Å². The number of carbonyl (C=O) groups excluding carboxylic acids is 1. The van der Waals surface area contributed by atoms with Crippen LogP contribution < -0.4 is 10.2 Å². The second-order valence-electron chi connectivity index (χ2n) is 9.02. The summed E-state index contributed by atoms with van der Waals surface area (Å²) >= 11 is 0. The number of rotatable bonds is 4. The second kappa shape index (κ2) is 8.58. The molecule has 1 unspecified atom stereocenters. The molecule has 6 nitrogen and oxygen atoms in total. The molecule has 2 amide bonds. The second-order valence-corrected chi connectivity index (χ2v) is 9.02. The number of nitrogens with one attached hydrogen (secondary N) is 1. The van der Waals surface area contributed by atoms with Gasteiger partial charge >= 0.3 is 6.03 Å². The number of likely N-dealkylation sites (tertiary alicyclic amines) is 1. The van der Waals surface area contributed by atoms with Crippen LogP contribution in [0.25, 0.3) is 0 Å². The molecule has 0 bridgehead atoms. The molecule has 3 heterocycles. The fraction of sp³-hybridized carbons (Fsp3) is 0.458. The predicted molar refractivity (Wildman–Crippen MR) is 119 cm³/mol. The van der Waals surface area contributed by atoms with E-state index in [1.807, 2.05) is 18.3 Å². The van der Waals surface area contributed by atoms with Crippen LogP contribution in [-0.4, -0.2) is 46.4 Å². The number of hydrogen-bond donors (Lipinski definition) is 1. The number of anilines is 1. The summed E-state index contributed by atoms with van der Waals surface area (Å²) in [5.74, 6) is -0.774. The van der Waals surface area contributed by atoms with Crippen molar-refractivity contribution in [1.82, 2.24) is 15.2 Å². The first-order valence-electron chi connectivity index (χ1n) is 11.3. The number of aromatic nitrogens is 1. The Morgan fingerprint density at radius 1 is 1.16 bits per heavy atom. The minimum atomic E-state index is -0.767. The topological polar surface area (TPSA) is 60.8 Å². The van der Waals surface area contributed by atoms with Crippen LogP contribution in [0, 0.1) is 11.6 Å². The molecule has 168 valence electrons. The Kier molecular flexibility index (Phi) is 5.63. The highest BCUT2D eigenvalue weighted by Crippen LogP contribution is 2.39. The summed E-state index contributed by atoms with van der Waals surface area (Å²) in [5, 5.41) is 2.96. The minimum Gasteiger partial charge on any atom is -0.296 e. The molecule has 1 spiro atoms. The zero-order valence-electron chi connectivity index (χ0n) is 17.9. The van der Waals surface area contributed by atoms with Crippen molar-refractivity contribution in [1.29, 1.82) is 0 Å². The Labute approximate surface area is 186 Å². The smallest absolute Gasteiger partial charge is 0.296 e. The third-order valence-corrected chi connectivity index (χ3v) is 6.74. The molecule has 2 aromatic rings. The lowest BCUT2D eigenvalue weighted by Gasteiger charge is -2.34. The van der Waals surface area contributed by atoms with E-state index in [2.05, 4.69) is 15.2 Å². The predicted octanol–water partition coefficient (Wildman–Crippen LogP) is 4.27. The number of carbonyl (C=O) groups is 1. The van der Waals surface area contributed by atoms with Gasteiger partial charge in [0, 0.05) is 38.1 Å². The number of pyridine rings is 1. The van der Waals surface area contributed by atoms with E-state index in [0.29, 0.717) is 25.3 Å². The lowest BCUT2D eigenvalue weighted by atomic mass is 9.93. The number of aliphatic imine (C=N–C) groups is 1. The van der Waals surface area contributed by atoms with Gasteiger partial charge in [0.05, 0.1) is 11.7 Å². The standard InChI is InChI=1S/C24H27F2N5O/c25-18-11-19(26)13-21(12-18)31-23(32)29-22(28-20-6-2-1-3-7-20)24(31)8-10-30(16-24)15-17-5-4-9-27-14-17/h4-5,9,11-14,20H,1-3,6-8,10,15-16H2,(H,28,29,32). The fourth-order valence-corrected chi connectivity index (χ4v) is 5.28. The van der Waals surface area contributed by atoms with Crippen LogP contribution in [0.15, 0.2) is 47.7 Å². The summed E-state index contributed by atoms with van der Waals surface area (Å²) in [5.41, 5.74) is 0.532. The van der Waals surface area contributed by atoms with E-state index >= 15 is 0 Å². The molecule has 1 aliphatic carbocycles. The summed E-state index contributed by atoms with van der Waals surface area (Å²) in [6.07, 6.45) is 9.70. The molecule has 0 radical (unpaired) electrons. The van der Waals surface area contributed by atoms with E-state index in [1.165, 1.54) is 23.5 Å². The van der Waals surface area contributed by atoms with Gasteiger partial charge in [0.2, 0.25) is 0 Å².